The molecule has 2 heterocycles. The van der Waals surface area contributed by atoms with E-state index >= 15 is 0 Å². The molecule has 0 aromatic carbocycles. The van der Waals surface area contributed by atoms with Gasteiger partial charge in [-0.3, -0.25) is 9.59 Å². The van der Waals surface area contributed by atoms with Crippen LogP contribution in [-0.4, -0.2) is 17.4 Å². The van der Waals surface area contributed by atoms with Gasteiger partial charge in [0.2, 0.25) is 5.91 Å². The van der Waals surface area contributed by atoms with Gasteiger partial charge in [0.25, 0.3) is 5.91 Å². The zero-order chi connectivity index (χ0) is 18.4. The second-order valence-corrected chi connectivity index (χ2v) is 9.07. The second-order valence-electron chi connectivity index (χ2n) is 8.05. The molecule has 6 heteroatoms. The van der Waals surface area contributed by atoms with Crippen LogP contribution in [0.3, 0.4) is 0 Å². The molecule has 0 aliphatic carbocycles. The number of carbonyl (C=O) groups is 2. The van der Waals surface area contributed by atoms with Crippen molar-refractivity contribution in [2.24, 2.45) is 17.6 Å². The van der Waals surface area contributed by atoms with Gasteiger partial charge in [-0.1, -0.05) is 20.8 Å². The quantitative estimate of drug-likeness (QED) is 0.867. The molecule has 0 saturated carbocycles. The van der Waals surface area contributed by atoms with Crippen molar-refractivity contribution in [3.8, 4) is 0 Å². The third kappa shape index (κ3) is 3.49. The molecule has 24 heavy (non-hydrogen) atoms. The number of anilines is 1. The summed E-state index contributed by atoms with van der Waals surface area (Å²) in [6.07, 6.45) is 0.593. The van der Waals surface area contributed by atoms with Crippen LogP contribution in [0.4, 0.5) is 5.00 Å². The molecule has 0 radical (unpaired) electrons. The first kappa shape index (κ1) is 18.9. The maximum Gasteiger partial charge on any atom is 0.251 e. The summed E-state index contributed by atoms with van der Waals surface area (Å²) >= 11 is 1.40. The normalized spacial score (nSPS) is 19.7. The number of hydrogen-bond donors (Lipinski definition) is 2. The molecule has 0 saturated heterocycles. The Kier molecular flexibility index (Phi) is 4.85. The lowest BCUT2D eigenvalue weighted by atomic mass is 9.86. The summed E-state index contributed by atoms with van der Waals surface area (Å²) < 4.78 is 6.17. The van der Waals surface area contributed by atoms with E-state index in [9.17, 15) is 9.59 Å². The third-order valence-electron chi connectivity index (χ3n) is 4.58. The lowest BCUT2D eigenvalue weighted by molar-refractivity contribution is -0.135. The van der Waals surface area contributed by atoms with Crippen molar-refractivity contribution in [1.29, 1.82) is 0 Å². The molecular formula is C18H28N2O3S. The Morgan fingerprint density at radius 3 is 2.29 bits per heavy atom. The number of nitrogens with one attached hydrogen (secondary N) is 1. The molecule has 0 spiro atoms. The number of rotatable bonds is 4. The molecule has 1 aromatic heterocycles. The summed E-state index contributed by atoms with van der Waals surface area (Å²) in [6.45, 7) is 13.8. The van der Waals surface area contributed by atoms with Gasteiger partial charge in [-0.25, -0.2) is 0 Å². The van der Waals surface area contributed by atoms with Crippen molar-refractivity contribution in [2.45, 2.75) is 66.1 Å². The minimum atomic E-state index is -0.529. The highest BCUT2D eigenvalue weighted by molar-refractivity contribution is 7.17. The second kappa shape index (κ2) is 6.15. The topological polar surface area (TPSA) is 81.4 Å². The van der Waals surface area contributed by atoms with Gasteiger partial charge in [-0.05, 0) is 39.2 Å². The summed E-state index contributed by atoms with van der Waals surface area (Å²) in [4.78, 5) is 25.5. The van der Waals surface area contributed by atoms with Gasteiger partial charge in [0.15, 0.2) is 0 Å². The molecule has 1 atom stereocenters. The molecule has 0 bridgehead atoms. The van der Waals surface area contributed by atoms with Crippen molar-refractivity contribution in [3.05, 3.63) is 16.0 Å². The van der Waals surface area contributed by atoms with Crippen LogP contribution in [0.1, 0.15) is 69.3 Å². The first-order valence-corrected chi connectivity index (χ1v) is 9.14. The minimum absolute atomic E-state index is 0.0934. The van der Waals surface area contributed by atoms with Crippen LogP contribution in [0.5, 0.6) is 0 Å². The number of fused-ring (bicyclic) bond motifs is 1. The van der Waals surface area contributed by atoms with Gasteiger partial charge in [-0.15, -0.1) is 11.3 Å². The van der Waals surface area contributed by atoms with E-state index in [-0.39, 0.29) is 17.7 Å². The smallest absolute Gasteiger partial charge is 0.251 e. The minimum Gasteiger partial charge on any atom is -0.365 e. The molecule has 2 rings (SSSR count). The van der Waals surface area contributed by atoms with Crippen LogP contribution in [0, 0.1) is 11.8 Å². The number of nitrogens with two attached hydrogens (primary N) is 1. The maximum absolute atomic E-state index is 12.4. The fourth-order valence-electron chi connectivity index (χ4n) is 3.20. The molecule has 1 unspecified atom stereocenters. The van der Waals surface area contributed by atoms with Crippen LogP contribution in [0.25, 0.3) is 0 Å². The lowest BCUT2D eigenvalue weighted by Gasteiger charge is -2.41. The summed E-state index contributed by atoms with van der Waals surface area (Å²) in [5, 5.41) is 3.46. The van der Waals surface area contributed by atoms with Gasteiger partial charge < -0.3 is 15.8 Å². The molecule has 1 aliphatic heterocycles. The van der Waals surface area contributed by atoms with E-state index < -0.39 is 17.1 Å². The Morgan fingerprint density at radius 1 is 1.21 bits per heavy atom. The van der Waals surface area contributed by atoms with Crippen molar-refractivity contribution in [3.63, 3.8) is 0 Å². The summed E-state index contributed by atoms with van der Waals surface area (Å²) in [6, 6.07) is 0. The Bertz CT molecular complexity index is 674. The maximum atomic E-state index is 12.4. The fourth-order valence-corrected chi connectivity index (χ4v) is 4.46. The number of primary amides is 1. The standard InChI is InChI=1S/C18H28N2O3S/c1-9(2)10(3)15(22)20-16-12(14(19)21)11-8-17(4,5)23-18(6,7)13(11)24-16/h9-10H,8H2,1-7H3,(H2,19,21)(H,20,22). The summed E-state index contributed by atoms with van der Waals surface area (Å²) in [5.41, 5.74) is 6.06. The summed E-state index contributed by atoms with van der Waals surface area (Å²) in [5.74, 6) is -0.529. The van der Waals surface area contributed by atoms with Gasteiger partial charge >= 0.3 is 0 Å². The van der Waals surface area contributed by atoms with E-state index in [1.807, 2.05) is 48.5 Å². The van der Waals surface area contributed by atoms with E-state index in [1.54, 1.807) is 0 Å². The monoisotopic (exact) mass is 352 g/mol. The van der Waals surface area contributed by atoms with E-state index in [1.165, 1.54) is 11.3 Å². The largest absolute Gasteiger partial charge is 0.365 e. The van der Waals surface area contributed by atoms with E-state index in [0.29, 0.717) is 17.0 Å². The first-order valence-electron chi connectivity index (χ1n) is 8.32. The van der Waals surface area contributed by atoms with E-state index in [0.717, 1.165) is 10.4 Å². The van der Waals surface area contributed by atoms with Crippen LogP contribution in [0.15, 0.2) is 0 Å². The molecule has 1 aliphatic rings. The van der Waals surface area contributed by atoms with Crippen molar-refractivity contribution >= 4 is 28.2 Å². The highest BCUT2D eigenvalue weighted by Crippen LogP contribution is 2.48. The number of thiophene rings is 1. The van der Waals surface area contributed by atoms with Crippen molar-refractivity contribution < 1.29 is 14.3 Å². The highest BCUT2D eigenvalue weighted by atomic mass is 32.1. The lowest BCUT2D eigenvalue weighted by Crippen LogP contribution is -2.42. The molecule has 5 nitrogen and oxygen atoms in total. The SMILES string of the molecule is CC(C)C(C)C(=O)Nc1sc2c(c1C(N)=O)CC(C)(C)OC2(C)C. The average molecular weight is 353 g/mol. The average Bonchev–Trinajstić information content (AvgIpc) is 2.74. The van der Waals surface area contributed by atoms with E-state index in [2.05, 4.69) is 5.32 Å². The Labute approximate surface area is 148 Å². The summed E-state index contributed by atoms with van der Waals surface area (Å²) in [7, 11) is 0. The third-order valence-corrected chi connectivity index (χ3v) is 6.04. The predicted octanol–water partition coefficient (Wildman–Crippen LogP) is 3.66. The zero-order valence-electron chi connectivity index (χ0n) is 15.6. The molecule has 0 fully saturated rings. The molecule has 3 N–H and O–H groups in total. The number of ether oxygens (including phenoxy) is 1. The van der Waals surface area contributed by atoms with Crippen molar-refractivity contribution in [1.82, 2.24) is 0 Å². The number of amides is 2. The van der Waals surface area contributed by atoms with Gasteiger partial charge in [0.05, 0.1) is 16.8 Å². The number of carbonyl (C=O) groups excluding carboxylic acids is 2. The van der Waals surface area contributed by atoms with Crippen LogP contribution < -0.4 is 11.1 Å². The first-order chi connectivity index (χ1) is 10.9. The number of hydrogen-bond acceptors (Lipinski definition) is 4. The molecule has 1 aromatic rings. The highest BCUT2D eigenvalue weighted by Gasteiger charge is 2.43. The molecule has 2 amide bonds. The molecule has 134 valence electrons. The molecular weight excluding hydrogens is 324 g/mol. The van der Waals surface area contributed by atoms with Crippen molar-refractivity contribution in [2.75, 3.05) is 5.32 Å². The van der Waals surface area contributed by atoms with Crippen LogP contribution in [-0.2, 0) is 21.6 Å². The van der Waals surface area contributed by atoms with E-state index in [4.69, 9.17) is 10.5 Å². The predicted molar refractivity (Wildman–Crippen MR) is 97.4 cm³/mol. The van der Waals surface area contributed by atoms with Gasteiger partial charge in [0.1, 0.15) is 5.00 Å². The Balaban J connectivity index is 2.50. The van der Waals surface area contributed by atoms with Crippen LogP contribution >= 0.6 is 11.3 Å². The van der Waals surface area contributed by atoms with Gasteiger partial charge in [0, 0.05) is 17.2 Å². The zero-order valence-corrected chi connectivity index (χ0v) is 16.4. The Hall–Kier alpha value is -1.40. The Morgan fingerprint density at radius 2 is 1.79 bits per heavy atom. The van der Waals surface area contributed by atoms with Crippen LogP contribution in [0.2, 0.25) is 0 Å². The fraction of sp³-hybridized carbons (Fsp3) is 0.667. The van der Waals surface area contributed by atoms with Gasteiger partial charge in [-0.2, -0.15) is 0 Å².